The van der Waals surface area contributed by atoms with Gasteiger partial charge in [-0.2, -0.15) is 13.2 Å². The van der Waals surface area contributed by atoms with Crippen molar-refractivity contribution in [2.45, 2.75) is 32.5 Å². The first-order chi connectivity index (χ1) is 17.1. The summed E-state index contributed by atoms with van der Waals surface area (Å²) in [6.07, 6.45) is -1.36. The number of alkyl halides is 3. The fourth-order valence-electron chi connectivity index (χ4n) is 3.72. The molecule has 0 unspecified atom stereocenters. The smallest absolute Gasteiger partial charge is 0.412 e. The van der Waals surface area contributed by atoms with E-state index in [0.29, 0.717) is 21.6 Å². The molecule has 6 nitrogen and oxygen atoms in total. The van der Waals surface area contributed by atoms with E-state index in [-0.39, 0.29) is 30.2 Å². The van der Waals surface area contributed by atoms with Crippen LogP contribution in [0.5, 0.6) is 0 Å². The molecule has 36 heavy (non-hydrogen) atoms. The number of oxazole rings is 1. The summed E-state index contributed by atoms with van der Waals surface area (Å²) >= 11 is 0. The van der Waals surface area contributed by atoms with Gasteiger partial charge in [-0.15, -0.1) is 0 Å². The molecule has 1 atom stereocenters. The summed E-state index contributed by atoms with van der Waals surface area (Å²) in [7, 11) is 0. The number of halogens is 3. The van der Waals surface area contributed by atoms with E-state index in [1.807, 2.05) is 49.4 Å². The van der Waals surface area contributed by atoms with Crippen LogP contribution in [0.15, 0.2) is 82.3 Å². The van der Waals surface area contributed by atoms with Gasteiger partial charge in [-0.1, -0.05) is 60.2 Å². The number of nitrogens with one attached hydrogen (secondary N) is 1. The number of benzene rings is 2. The highest BCUT2D eigenvalue weighted by molar-refractivity contribution is 5.98. The molecular formula is C27H25F3N3O3+. The first-order valence-electron chi connectivity index (χ1n) is 11.3. The molecule has 186 valence electrons. The van der Waals surface area contributed by atoms with E-state index in [0.717, 1.165) is 11.6 Å². The molecule has 0 bridgehead atoms. The molecule has 1 aromatic heterocycles. The summed E-state index contributed by atoms with van der Waals surface area (Å²) in [5.74, 6) is -0.349. The summed E-state index contributed by atoms with van der Waals surface area (Å²) in [5.41, 5.74) is 2.29. The van der Waals surface area contributed by atoms with E-state index in [9.17, 15) is 23.2 Å². The van der Waals surface area contributed by atoms with Gasteiger partial charge in [0, 0.05) is 28.7 Å². The number of amides is 1. The number of rotatable bonds is 5. The van der Waals surface area contributed by atoms with E-state index < -0.39 is 23.7 Å². The van der Waals surface area contributed by atoms with Gasteiger partial charge in [-0.3, -0.25) is 10.0 Å². The van der Waals surface area contributed by atoms with Gasteiger partial charge in [0.05, 0.1) is 6.04 Å². The van der Waals surface area contributed by atoms with Crippen LogP contribution in [0.4, 0.5) is 13.2 Å². The zero-order valence-electron chi connectivity index (χ0n) is 19.7. The van der Waals surface area contributed by atoms with Crippen molar-refractivity contribution in [3.63, 3.8) is 0 Å². The predicted molar refractivity (Wildman–Crippen MR) is 129 cm³/mol. The first kappa shape index (κ1) is 25.0. The van der Waals surface area contributed by atoms with Crippen molar-refractivity contribution >= 4 is 12.1 Å². The van der Waals surface area contributed by atoms with E-state index in [2.05, 4.69) is 10.3 Å². The largest absolute Gasteiger partial charge is 0.430 e. The highest BCUT2D eigenvalue weighted by atomic mass is 19.4. The SMILES string of the molecule is Cc1ccc(-c2nc(-c3ccccc3)c(C(=O)N[C@H](C)C3=C/C=C(/C(F)(F)F)CC/[N+](O)=C\3)o2)cc1. The Morgan fingerprint density at radius 2 is 1.78 bits per heavy atom. The number of nitrogens with zero attached hydrogens (tertiary/aromatic N) is 2. The van der Waals surface area contributed by atoms with Crippen LogP contribution >= 0.6 is 0 Å². The summed E-state index contributed by atoms with van der Waals surface area (Å²) in [6, 6.07) is 15.8. The van der Waals surface area contributed by atoms with Gasteiger partial charge in [-0.05, 0) is 30.7 Å². The maximum absolute atomic E-state index is 13.3. The van der Waals surface area contributed by atoms with Crippen molar-refractivity contribution in [1.29, 1.82) is 0 Å². The van der Waals surface area contributed by atoms with Gasteiger partial charge in [0.15, 0.2) is 6.54 Å². The van der Waals surface area contributed by atoms with Crippen LogP contribution in [-0.2, 0) is 0 Å². The first-order valence-corrected chi connectivity index (χ1v) is 11.3. The van der Waals surface area contributed by atoms with Gasteiger partial charge in [0.25, 0.3) is 5.91 Å². The fourth-order valence-corrected chi connectivity index (χ4v) is 3.72. The summed E-state index contributed by atoms with van der Waals surface area (Å²) in [4.78, 5) is 17.9. The second kappa shape index (κ2) is 10.2. The Kier molecular flexibility index (Phi) is 7.10. The molecule has 2 N–H and O–H groups in total. The van der Waals surface area contributed by atoms with Crippen LogP contribution in [0.2, 0.25) is 0 Å². The van der Waals surface area contributed by atoms with Crippen LogP contribution in [0, 0.1) is 6.92 Å². The zero-order valence-corrected chi connectivity index (χ0v) is 19.7. The third-order valence-corrected chi connectivity index (χ3v) is 5.78. The minimum absolute atomic E-state index is 0.0255. The Morgan fingerprint density at radius 1 is 1.08 bits per heavy atom. The average molecular weight is 497 g/mol. The number of hydrogen-bond acceptors (Lipinski definition) is 4. The van der Waals surface area contributed by atoms with Crippen molar-refractivity contribution in [2.24, 2.45) is 0 Å². The lowest BCUT2D eigenvalue weighted by Gasteiger charge is -2.15. The third kappa shape index (κ3) is 5.73. The molecule has 2 aromatic carbocycles. The lowest BCUT2D eigenvalue weighted by Crippen LogP contribution is -2.35. The number of allylic oxidation sites excluding steroid dienone is 2. The highest BCUT2D eigenvalue weighted by Gasteiger charge is 2.34. The Hall–Kier alpha value is -4.14. The number of hydroxylamine groups is 1. The quantitative estimate of drug-likeness (QED) is 0.350. The van der Waals surface area contributed by atoms with E-state index >= 15 is 0 Å². The normalized spacial score (nSPS) is 19.5. The molecule has 0 radical (unpaired) electrons. The van der Waals surface area contributed by atoms with E-state index in [1.54, 1.807) is 19.1 Å². The van der Waals surface area contributed by atoms with Crippen molar-refractivity contribution in [3.05, 3.63) is 89.2 Å². The summed E-state index contributed by atoms with van der Waals surface area (Å²) in [6.45, 7) is 3.33. The Bertz CT molecular complexity index is 1340. The maximum Gasteiger partial charge on any atom is 0.412 e. The second-order valence-corrected chi connectivity index (χ2v) is 8.52. The molecule has 0 spiro atoms. The lowest BCUT2D eigenvalue weighted by molar-refractivity contribution is -0.770. The van der Waals surface area contributed by atoms with Crippen molar-refractivity contribution in [3.8, 4) is 22.7 Å². The number of aromatic nitrogens is 1. The summed E-state index contributed by atoms with van der Waals surface area (Å²) < 4.78 is 46.2. The number of carbonyl (C=O) groups is 1. The third-order valence-electron chi connectivity index (χ3n) is 5.78. The molecule has 3 aromatic rings. The lowest BCUT2D eigenvalue weighted by atomic mass is 10.0. The van der Waals surface area contributed by atoms with Gasteiger partial charge < -0.3 is 9.73 Å². The molecule has 4 rings (SSSR count). The minimum Gasteiger partial charge on any atom is -0.430 e. The van der Waals surface area contributed by atoms with Crippen LogP contribution in [0.1, 0.15) is 29.5 Å². The van der Waals surface area contributed by atoms with Crippen LogP contribution < -0.4 is 5.32 Å². The standard InChI is InChI=1S/C27H24F3N3O3/c1-17-8-10-20(11-9-17)26-32-23(19-6-4-3-5-7-19)24(36-26)25(34)31-18(2)21-12-13-22(27(28,29)30)14-15-33(35)16-21/h3-13,16,18H,14-15H2,1-2H3,(H-,31,34,35)/p+1/b21-12+,22-13+,33-16+/t18-/m1/s1. The van der Waals surface area contributed by atoms with Gasteiger partial charge >= 0.3 is 6.18 Å². The second-order valence-electron chi connectivity index (χ2n) is 8.52. The Balaban J connectivity index is 1.67. The van der Waals surface area contributed by atoms with Gasteiger partial charge in [-0.25, -0.2) is 4.98 Å². The van der Waals surface area contributed by atoms with Crippen LogP contribution in [0.3, 0.4) is 0 Å². The average Bonchev–Trinajstić information content (AvgIpc) is 3.27. The van der Waals surface area contributed by atoms with Gasteiger partial charge in [0.2, 0.25) is 17.9 Å². The van der Waals surface area contributed by atoms with Crippen LogP contribution in [0.25, 0.3) is 22.7 Å². The van der Waals surface area contributed by atoms with Crippen molar-refractivity contribution < 1.29 is 32.3 Å². The molecule has 0 fully saturated rings. The molecule has 0 aliphatic carbocycles. The highest BCUT2D eigenvalue weighted by Crippen LogP contribution is 2.30. The zero-order chi connectivity index (χ0) is 25.9. The number of aryl methyl sites for hydroxylation is 1. The Labute approximate surface area is 206 Å². The molecule has 0 saturated carbocycles. The molecule has 9 heteroatoms. The maximum atomic E-state index is 13.3. The molecule has 1 aliphatic heterocycles. The van der Waals surface area contributed by atoms with E-state index in [4.69, 9.17) is 4.42 Å². The molecule has 0 saturated heterocycles. The van der Waals surface area contributed by atoms with Crippen molar-refractivity contribution in [2.75, 3.05) is 6.54 Å². The molecule has 1 aliphatic rings. The van der Waals surface area contributed by atoms with Gasteiger partial charge in [0.1, 0.15) is 5.69 Å². The predicted octanol–water partition coefficient (Wildman–Crippen LogP) is 5.73. The monoisotopic (exact) mass is 496 g/mol. The fraction of sp³-hybridized carbons (Fsp3) is 0.222. The van der Waals surface area contributed by atoms with Crippen LogP contribution in [-0.4, -0.2) is 45.8 Å². The molecule has 2 heterocycles. The minimum atomic E-state index is -4.51. The number of hydrogen-bond donors (Lipinski definition) is 2. The summed E-state index contributed by atoms with van der Waals surface area (Å²) in [5, 5.41) is 12.8. The Morgan fingerprint density at radius 3 is 2.44 bits per heavy atom. The molecule has 1 amide bonds. The number of carbonyl (C=O) groups excluding carboxylic acids is 1. The van der Waals surface area contributed by atoms with E-state index in [1.165, 1.54) is 12.3 Å². The molecular weight excluding hydrogens is 471 g/mol. The van der Waals surface area contributed by atoms with Crippen molar-refractivity contribution in [1.82, 2.24) is 10.3 Å². The topological polar surface area (TPSA) is 78.4 Å².